The molecule has 9 rings (SSSR count). The van der Waals surface area contributed by atoms with Crippen LogP contribution in [0.25, 0.3) is 33.3 Å². The van der Waals surface area contributed by atoms with Crippen LogP contribution in [-0.2, 0) is 26.7 Å². The fraction of sp³-hybridized carbons (Fsp3) is 0.350. The third kappa shape index (κ3) is 7.24. The van der Waals surface area contributed by atoms with E-state index in [-0.39, 0.29) is 53.1 Å². The zero-order valence-corrected chi connectivity index (χ0v) is 34.3. The summed E-state index contributed by atoms with van der Waals surface area (Å²) in [6.45, 7) is 2.55. The number of urea groups is 1. The van der Waals surface area contributed by atoms with Gasteiger partial charge in [0, 0.05) is 81.8 Å². The van der Waals surface area contributed by atoms with Gasteiger partial charge in [0.05, 0.1) is 45.6 Å². The maximum absolute atomic E-state index is 15.0. The molecule has 0 bridgehead atoms. The Morgan fingerprint density at radius 3 is 2.35 bits per heavy atom. The molecule has 1 unspecified atom stereocenters. The van der Waals surface area contributed by atoms with E-state index in [1.807, 2.05) is 20.7 Å². The van der Waals surface area contributed by atoms with Crippen LogP contribution >= 0.6 is 0 Å². The van der Waals surface area contributed by atoms with Gasteiger partial charge in [-0.2, -0.15) is 19.0 Å². The molecule has 0 spiro atoms. The normalized spacial score (nSPS) is 18.8. The minimum atomic E-state index is -5.09. The summed E-state index contributed by atoms with van der Waals surface area (Å²) in [6, 6.07) is 7.13. The molecule has 63 heavy (non-hydrogen) atoms. The Kier molecular flexibility index (Phi) is 10.3. The minimum absolute atomic E-state index is 0.0246. The number of alkyl halides is 2. The lowest BCUT2D eigenvalue weighted by Crippen LogP contribution is -2.55. The van der Waals surface area contributed by atoms with Crippen molar-refractivity contribution in [2.75, 3.05) is 54.6 Å². The second-order valence-electron chi connectivity index (χ2n) is 15.7. The molecular formula is C40H39F3N12O7S. The molecule has 2 aromatic carbocycles. The van der Waals surface area contributed by atoms with Crippen LogP contribution in [0.1, 0.15) is 52.4 Å². The lowest BCUT2D eigenvalue weighted by Gasteiger charge is -2.40. The third-order valence-electron chi connectivity index (χ3n) is 12.0. The molecule has 19 nitrogen and oxygen atoms in total. The molecular weight excluding hydrogens is 850 g/mol. The van der Waals surface area contributed by atoms with Gasteiger partial charge in [0.15, 0.2) is 0 Å². The monoisotopic (exact) mass is 888 g/mol. The van der Waals surface area contributed by atoms with Crippen molar-refractivity contribution in [2.24, 2.45) is 7.05 Å². The largest absolute Gasteiger partial charge is 0.383 e. The minimum Gasteiger partial charge on any atom is -0.383 e. The first-order chi connectivity index (χ1) is 30.1. The van der Waals surface area contributed by atoms with Gasteiger partial charge < -0.3 is 20.4 Å². The van der Waals surface area contributed by atoms with Crippen molar-refractivity contribution >= 4 is 67.8 Å². The number of nitrogen functional groups attached to an aromatic ring is 1. The zero-order chi connectivity index (χ0) is 44.5. The fourth-order valence-electron chi connectivity index (χ4n) is 8.79. The summed E-state index contributed by atoms with van der Waals surface area (Å²) in [5.74, 6) is -7.03. The van der Waals surface area contributed by atoms with Crippen LogP contribution in [-0.4, -0.2) is 128 Å². The van der Waals surface area contributed by atoms with Gasteiger partial charge in [-0.3, -0.25) is 43.5 Å². The summed E-state index contributed by atoms with van der Waals surface area (Å²) in [6.07, 6.45) is 6.46. The van der Waals surface area contributed by atoms with Gasteiger partial charge in [0.1, 0.15) is 23.4 Å². The van der Waals surface area contributed by atoms with Crippen molar-refractivity contribution in [3.8, 4) is 22.4 Å². The van der Waals surface area contributed by atoms with Gasteiger partial charge >= 0.3 is 11.8 Å². The summed E-state index contributed by atoms with van der Waals surface area (Å²) in [5, 5.41) is 11.8. The maximum atomic E-state index is 15.0. The highest BCUT2D eigenvalue weighted by molar-refractivity contribution is 7.93. The zero-order valence-electron chi connectivity index (χ0n) is 33.5. The number of nitrogens with two attached hydrogens (primary N) is 1. The number of hydrogen-bond acceptors (Lipinski definition) is 12. The summed E-state index contributed by atoms with van der Waals surface area (Å²) in [4.78, 5) is 75.9. The number of amides is 6. The molecule has 7 heterocycles. The van der Waals surface area contributed by atoms with Gasteiger partial charge in [-0.1, -0.05) is 12.1 Å². The molecule has 1 atom stereocenters. The van der Waals surface area contributed by atoms with E-state index in [4.69, 9.17) is 5.73 Å². The van der Waals surface area contributed by atoms with Crippen LogP contribution in [0.2, 0.25) is 0 Å². The van der Waals surface area contributed by atoms with E-state index < -0.39 is 57.0 Å². The van der Waals surface area contributed by atoms with Gasteiger partial charge in [0.25, 0.3) is 21.8 Å². The van der Waals surface area contributed by atoms with Crippen LogP contribution in [0.15, 0.2) is 55.0 Å². The number of carbonyl (C=O) groups is 5. The second-order valence-corrected chi connectivity index (χ2v) is 17.3. The number of piperidine rings is 2. The summed E-state index contributed by atoms with van der Waals surface area (Å²) >= 11 is 0. The van der Waals surface area contributed by atoms with Crippen LogP contribution in [0, 0.1) is 5.82 Å². The Balaban J connectivity index is 0.839. The number of fused-ring (bicyclic) bond motifs is 2. The SMILES string of the molecule is Cn1nc(-c2ccc(NS(=O)(=O)C(F)F)c(F)c2)c2c(N)ncc(-c3cnn(C4CCN(C(=O)N5CCN(c6cccc7c6C(=O)N(C6CCC(=O)NC6=O)C7=O)CC5)CC4)c3)c21. The van der Waals surface area contributed by atoms with Gasteiger partial charge in [0.2, 0.25) is 11.8 Å². The molecule has 0 aliphatic carbocycles. The standard InChI is InChI=1S/C40H39F3N12O7S/c1-50-34-25(19-45-35(44)32(34)33(48-50)21-5-6-27(26(41)17-21)49-63(61,62)39(42)43)22-18-46-54(20-22)23-9-11-52(12-10-23)40(60)53-15-13-51(14-16-53)28-4-2-3-24-31(28)38(59)55(37(24)58)29-7-8-30(56)47-36(29)57/h2-6,17-20,23,29,39,49H,7-16H2,1H3,(H2,44,45)(H,47,56,57). The molecule has 3 saturated heterocycles. The summed E-state index contributed by atoms with van der Waals surface area (Å²) in [7, 11) is -3.42. The molecule has 6 amide bonds. The number of nitrogens with zero attached hydrogens (tertiary/aromatic N) is 9. The van der Waals surface area contributed by atoms with Crippen LogP contribution in [0.3, 0.4) is 0 Å². The Morgan fingerprint density at radius 2 is 1.65 bits per heavy atom. The maximum Gasteiger partial charge on any atom is 0.355 e. The number of nitrogens with one attached hydrogen (secondary N) is 2. The predicted molar refractivity (Wildman–Crippen MR) is 220 cm³/mol. The molecule has 23 heteroatoms. The number of aromatic nitrogens is 5. The van der Waals surface area contributed by atoms with E-state index in [0.29, 0.717) is 79.8 Å². The van der Waals surface area contributed by atoms with E-state index in [0.717, 1.165) is 17.0 Å². The number of benzene rings is 2. The molecule has 328 valence electrons. The average molecular weight is 889 g/mol. The van der Waals surface area contributed by atoms with Crippen LogP contribution < -0.4 is 20.7 Å². The Bertz CT molecular complexity index is 2850. The van der Waals surface area contributed by atoms with E-state index in [2.05, 4.69) is 20.5 Å². The molecule has 0 radical (unpaired) electrons. The van der Waals surface area contributed by atoms with Crippen molar-refractivity contribution in [3.05, 3.63) is 71.9 Å². The topological polar surface area (TPSA) is 231 Å². The fourth-order valence-corrected chi connectivity index (χ4v) is 9.35. The van der Waals surface area contributed by atoms with Crippen molar-refractivity contribution < 1.29 is 45.6 Å². The number of pyridine rings is 1. The molecule has 4 aliphatic heterocycles. The number of anilines is 3. The number of aryl methyl sites for hydroxylation is 1. The number of piperazine rings is 1. The van der Waals surface area contributed by atoms with Crippen LogP contribution in [0.5, 0.6) is 0 Å². The number of halogens is 3. The van der Waals surface area contributed by atoms with Crippen molar-refractivity contribution in [1.29, 1.82) is 0 Å². The average Bonchev–Trinajstić information content (AvgIpc) is 3.97. The Labute approximate surface area is 356 Å². The Hall–Kier alpha value is -7.04. The summed E-state index contributed by atoms with van der Waals surface area (Å²) < 4.78 is 68.9. The van der Waals surface area contributed by atoms with Gasteiger partial charge in [-0.25, -0.2) is 22.6 Å². The molecule has 3 fully saturated rings. The predicted octanol–water partition coefficient (Wildman–Crippen LogP) is 3.16. The smallest absolute Gasteiger partial charge is 0.355 e. The van der Waals surface area contributed by atoms with E-state index in [1.165, 1.54) is 6.07 Å². The molecule has 0 saturated carbocycles. The molecule has 4 N–H and O–H groups in total. The first-order valence-electron chi connectivity index (χ1n) is 20.0. The van der Waals surface area contributed by atoms with E-state index in [9.17, 15) is 41.2 Å². The summed E-state index contributed by atoms with van der Waals surface area (Å²) in [5.41, 5.74) is 8.95. The van der Waals surface area contributed by atoms with E-state index >= 15 is 4.39 Å². The molecule has 3 aromatic heterocycles. The van der Waals surface area contributed by atoms with E-state index in [1.54, 1.807) is 51.9 Å². The van der Waals surface area contributed by atoms with Gasteiger partial charge in [-0.15, -0.1) is 0 Å². The van der Waals surface area contributed by atoms with Crippen LogP contribution in [0.4, 0.5) is 35.2 Å². The lowest BCUT2D eigenvalue weighted by molar-refractivity contribution is -0.136. The lowest BCUT2D eigenvalue weighted by atomic mass is 10.0. The second kappa shape index (κ2) is 15.7. The number of likely N-dealkylation sites (tertiary alicyclic amines) is 1. The highest BCUT2D eigenvalue weighted by atomic mass is 32.2. The third-order valence-corrected chi connectivity index (χ3v) is 13.0. The van der Waals surface area contributed by atoms with Crippen molar-refractivity contribution in [1.82, 2.24) is 44.6 Å². The highest BCUT2D eigenvalue weighted by Gasteiger charge is 2.46. The quantitative estimate of drug-likeness (QED) is 0.191. The van der Waals surface area contributed by atoms with Crippen molar-refractivity contribution in [2.45, 2.75) is 43.5 Å². The number of carbonyl (C=O) groups excluding carboxylic acids is 5. The molecule has 5 aromatic rings. The number of sulfonamides is 1. The van der Waals surface area contributed by atoms with Crippen molar-refractivity contribution in [3.63, 3.8) is 0 Å². The van der Waals surface area contributed by atoms with Gasteiger partial charge in [-0.05, 0) is 43.5 Å². The first-order valence-corrected chi connectivity index (χ1v) is 21.5. The highest BCUT2D eigenvalue weighted by Crippen LogP contribution is 2.39. The number of imide groups is 2. The number of rotatable bonds is 8. The first kappa shape index (κ1) is 41.3. The molecule has 4 aliphatic rings. The number of hydrogen-bond donors (Lipinski definition) is 3. The Morgan fingerprint density at radius 1 is 0.921 bits per heavy atom.